The number of hydrogen-bond acceptors (Lipinski definition) is 5. The summed E-state index contributed by atoms with van der Waals surface area (Å²) in [5, 5.41) is 0.689. The molecule has 7 heteroatoms. The van der Waals surface area contributed by atoms with Gasteiger partial charge in [-0.3, -0.25) is 0 Å². The largest absolute Gasteiger partial charge is 0.467 e. The van der Waals surface area contributed by atoms with Gasteiger partial charge in [0.25, 0.3) is 5.19 Å². The van der Waals surface area contributed by atoms with Crippen molar-refractivity contribution in [2.24, 2.45) is 5.92 Å². The van der Waals surface area contributed by atoms with Crippen LogP contribution in [0.15, 0.2) is 9.98 Å². The van der Waals surface area contributed by atoms with E-state index in [9.17, 15) is 4.79 Å². The Balaban J connectivity index is 1.80. The summed E-state index contributed by atoms with van der Waals surface area (Å²) in [4.78, 5) is 18.0. The van der Waals surface area contributed by atoms with Crippen LogP contribution in [0.1, 0.15) is 40.5 Å². The lowest BCUT2D eigenvalue weighted by molar-refractivity contribution is 0.0121. The molecule has 1 aliphatic rings. The Kier molecular flexibility index (Phi) is 5.71. The fraction of sp³-hybridized carbons (Fsp3) is 0.733. The van der Waals surface area contributed by atoms with Gasteiger partial charge in [0.1, 0.15) is 11.7 Å². The second kappa shape index (κ2) is 7.17. The lowest BCUT2D eigenvalue weighted by atomic mass is 9.92. The van der Waals surface area contributed by atoms with Crippen LogP contribution >= 0.6 is 27.3 Å². The Bertz CT molecular complexity index is 507. The summed E-state index contributed by atoms with van der Waals surface area (Å²) in [5.74, 6) is 0.432. The molecule has 0 spiro atoms. The van der Waals surface area contributed by atoms with Crippen LogP contribution in [0.4, 0.5) is 4.79 Å². The quantitative estimate of drug-likeness (QED) is 0.770. The van der Waals surface area contributed by atoms with Gasteiger partial charge in [0.05, 0.1) is 9.98 Å². The molecule has 2 heterocycles. The van der Waals surface area contributed by atoms with Gasteiger partial charge in [-0.15, -0.1) is 0 Å². The topological polar surface area (TPSA) is 51.7 Å². The summed E-state index contributed by atoms with van der Waals surface area (Å²) in [7, 11) is 0. The molecule has 1 unspecified atom stereocenters. The molecule has 1 fully saturated rings. The van der Waals surface area contributed by atoms with Crippen molar-refractivity contribution in [2.75, 3.05) is 13.1 Å². The Morgan fingerprint density at radius 2 is 2.09 bits per heavy atom. The number of rotatable bonds is 3. The van der Waals surface area contributed by atoms with E-state index >= 15 is 0 Å². The van der Waals surface area contributed by atoms with Crippen LogP contribution in [0.2, 0.25) is 0 Å². The summed E-state index contributed by atoms with van der Waals surface area (Å²) >= 11 is 4.87. The summed E-state index contributed by atoms with van der Waals surface area (Å²) < 4.78 is 12.3. The Morgan fingerprint density at radius 1 is 1.45 bits per heavy atom. The molecule has 1 saturated heterocycles. The zero-order valence-electron chi connectivity index (χ0n) is 13.5. The summed E-state index contributed by atoms with van der Waals surface area (Å²) in [6.45, 7) is 9.17. The lowest BCUT2D eigenvalue weighted by Gasteiger charge is -2.35. The van der Waals surface area contributed by atoms with E-state index in [-0.39, 0.29) is 12.2 Å². The molecule has 0 aromatic carbocycles. The van der Waals surface area contributed by atoms with E-state index in [2.05, 4.69) is 27.8 Å². The predicted molar refractivity (Wildman–Crippen MR) is 90.4 cm³/mol. The third kappa shape index (κ3) is 5.12. The van der Waals surface area contributed by atoms with Crippen LogP contribution in [-0.2, 0) is 4.74 Å². The maximum atomic E-state index is 12.0. The summed E-state index contributed by atoms with van der Waals surface area (Å²) in [6, 6.07) is 0. The molecule has 0 bridgehead atoms. The van der Waals surface area contributed by atoms with E-state index in [1.165, 1.54) is 11.3 Å². The lowest BCUT2D eigenvalue weighted by Crippen LogP contribution is -2.44. The highest BCUT2D eigenvalue weighted by Crippen LogP contribution is 2.29. The molecule has 1 aliphatic heterocycles. The van der Waals surface area contributed by atoms with Crippen molar-refractivity contribution < 1.29 is 14.3 Å². The standard InChI is InChI=1S/C15H23BrN2O3S/c1-10(20-13-17-9-12(16)22-13)11-5-7-18(8-6-11)14(19)21-15(2,3)4/h9-11H,5-8H2,1-4H3. The van der Waals surface area contributed by atoms with Crippen LogP contribution in [0.5, 0.6) is 5.19 Å². The first-order chi connectivity index (χ1) is 10.2. The van der Waals surface area contributed by atoms with Crippen LogP contribution in [0.25, 0.3) is 0 Å². The highest BCUT2D eigenvalue weighted by atomic mass is 79.9. The number of ether oxygens (including phenoxy) is 2. The molecule has 2 rings (SSSR count). The van der Waals surface area contributed by atoms with Crippen molar-refractivity contribution in [3.63, 3.8) is 0 Å². The zero-order valence-corrected chi connectivity index (χ0v) is 15.9. The number of carbonyl (C=O) groups excluding carboxylic acids is 1. The molecular formula is C15H23BrN2O3S. The molecule has 5 nitrogen and oxygen atoms in total. The third-order valence-corrected chi connectivity index (χ3v) is 4.97. The minimum absolute atomic E-state index is 0.0961. The number of piperidine rings is 1. The molecule has 0 aliphatic carbocycles. The van der Waals surface area contributed by atoms with Crippen LogP contribution in [0.3, 0.4) is 0 Å². The number of halogens is 1. The van der Waals surface area contributed by atoms with Crippen molar-refractivity contribution in [2.45, 2.75) is 52.2 Å². The highest BCUT2D eigenvalue weighted by Gasteiger charge is 2.30. The minimum atomic E-state index is -0.442. The summed E-state index contributed by atoms with van der Waals surface area (Å²) in [5.41, 5.74) is -0.442. The molecule has 0 saturated carbocycles. The molecule has 1 atom stereocenters. The Morgan fingerprint density at radius 3 is 2.59 bits per heavy atom. The predicted octanol–water partition coefficient (Wildman–Crippen LogP) is 4.32. The number of hydrogen-bond donors (Lipinski definition) is 0. The first-order valence-electron chi connectivity index (χ1n) is 7.50. The molecule has 22 heavy (non-hydrogen) atoms. The van der Waals surface area contributed by atoms with Gasteiger partial charge in [-0.1, -0.05) is 11.3 Å². The average molecular weight is 391 g/mol. The second-order valence-electron chi connectivity index (χ2n) is 6.56. The molecular weight excluding hydrogens is 368 g/mol. The maximum absolute atomic E-state index is 12.0. The normalized spacial score (nSPS) is 18.1. The smallest absolute Gasteiger partial charge is 0.410 e. The monoisotopic (exact) mass is 390 g/mol. The molecule has 124 valence electrons. The Labute approximate surface area is 144 Å². The Hall–Kier alpha value is -0.820. The first-order valence-corrected chi connectivity index (χ1v) is 9.11. The SMILES string of the molecule is CC(Oc1ncc(Br)s1)C1CCN(C(=O)OC(C)(C)C)CC1. The van der Waals surface area contributed by atoms with E-state index in [1.807, 2.05) is 20.8 Å². The van der Waals surface area contributed by atoms with E-state index in [0.29, 0.717) is 11.1 Å². The number of amides is 1. The van der Waals surface area contributed by atoms with E-state index in [1.54, 1.807) is 11.1 Å². The van der Waals surface area contributed by atoms with Crippen LogP contribution in [0, 0.1) is 5.92 Å². The van der Waals surface area contributed by atoms with Crippen LogP contribution in [-0.4, -0.2) is 40.8 Å². The molecule has 0 N–H and O–H groups in total. The molecule has 1 aromatic rings. The van der Waals surface area contributed by atoms with Gasteiger partial charge >= 0.3 is 6.09 Å². The van der Waals surface area contributed by atoms with Gasteiger partial charge in [0, 0.05) is 13.1 Å². The fourth-order valence-corrected chi connectivity index (χ4v) is 3.52. The fourth-order valence-electron chi connectivity index (χ4n) is 2.43. The van der Waals surface area contributed by atoms with E-state index < -0.39 is 5.60 Å². The van der Waals surface area contributed by atoms with Gasteiger partial charge in [-0.05, 0) is 62.4 Å². The van der Waals surface area contributed by atoms with Crippen molar-refractivity contribution in [3.05, 3.63) is 9.98 Å². The first kappa shape index (κ1) is 17.5. The van der Waals surface area contributed by atoms with Gasteiger partial charge in [0.2, 0.25) is 0 Å². The van der Waals surface area contributed by atoms with Crippen molar-refractivity contribution >= 4 is 33.4 Å². The minimum Gasteiger partial charge on any atom is -0.467 e. The van der Waals surface area contributed by atoms with Gasteiger partial charge in [-0.2, -0.15) is 0 Å². The number of likely N-dealkylation sites (tertiary alicyclic amines) is 1. The highest BCUT2D eigenvalue weighted by molar-refractivity contribution is 9.11. The number of nitrogens with zero attached hydrogens (tertiary/aromatic N) is 2. The van der Waals surface area contributed by atoms with Crippen molar-refractivity contribution in [3.8, 4) is 5.19 Å². The van der Waals surface area contributed by atoms with Gasteiger partial charge in [-0.25, -0.2) is 9.78 Å². The summed E-state index contributed by atoms with van der Waals surface area (Å²) in [6.07, 6.45) is 3.47. The average Bonchev–Trinajstić information content (AvgIpc) is 2.82. The second-order valence-corrected chi connectivity index (χ2v) is 8.93. The number of carbonyl (C=O) groups is 1. The third-order valence-electron chi connectivity index (χ3n) is 3.60. The van der Waals surface area contributed by atoms with Crippen LogP contribution < -0.4 is 4.74 Å². The zero-order chi connectivity index (χ0) is 16.3. The van der Waals surface area contributed by atoms with E-state index in [4.69, 9.17) is 9.47 Å². The molecule has 0 radical (unpaired) electrons. The van der Waals surface area contributed by atoms with Crippen molar-refractivity contribution in [1.82, 2.24) is 9.88 Å². The van der Waals surface area contributed by atoms with Gasteiger partial charge < -0.3 is 14.4 Å². The number of thiazole rings is 1. The van der Waals surface area contributed by atoms with Gasteiger partial charge in [0.15, 0.2) is 0 Å². The van der Waals surface area contributed by atoms with Crippen molar-refractivity contribution in [1.29, 1.82) is 0 Å². The number of aromatic nitrogens is 1. The molecule has 1 aromatic heterocycles. The van der Waals surface area contributed by atoms with E-state index in [0.717, 1.165) is 29.7 Å². The molecule has 1 amide bonds. The maximum Gasteiger partial charge on any atom is 0.410 e.